The molecule has 0 N–H and O–H groups in total. The van der Waals surface area contributed by atoms with Gasteiger partial charge in [0.15, 0.2) is 6.61 Å². The van der Waals surface area contributed by atoms with Crippen molar-refractivity contribution in [2.24, 2.45) is 23.7 Å². The van der Waals surface area contributed by atoms with Crippen LogP contribution in [0.3, 0.4) is 0 Å². The van der Waals surface area contributed by atoms with Gasteiger partial charge in [-0.05, 0) is 6.42 Å². The predicted octanol–water partition coefficient (Wildman–Crippen LogP) is -0.375. The smallest absolute Gasteiger partial charge is 0.344 e. The highest BCUT2D eigenvalue weighted by atomic mass is 16.6. The molecule has 26 heavy (non-hydrogen) atoms. The molecule has 0 amide bonds. The summed E-state index contributed by atoms with van der Waals surface area (Å²) in [5, 5.41) is 0. The third kappa shape index (κ3) is 3.18. The molecule has 0 aromatic rings. The van der Waals surface area contributed by atoms with Gasteiger partial charge in [-0.3, -0.25) is 9.59 Å². The Labute approximate surface area is 149 Å². The van der Waals surface area contributed by atoms with Crippen LogP contribution in [0.1, 0.15) is 6.42 Å². The lowest BCUT2D eigenvalue weighted by atomic mass is 9.78. The number of carbonyl (C=O) groups excluding carboxylic acids is 4. The van der Waals surface area contributed by atoms with E-state index >= 15 is 0 Å². The Morgan fingerprint density at radius 3 is 2.69 bits per heavy atom. The summed E-state index contributed by atoms with van der Waals surface area (Å²) < 4.78 is 25.4. The Morgan fingerprint density at radius 2 is 2.00 bits per heavy atom. The van der Waals surface area contributed by atoms with E-state index in [1.807, 2.05) is 0 Å². The number of esters is 4. The van der Waals surface area contributed by atoms with Gasteiger partial charge in [-0.1, -0.05) is 6.58 Å². The second-order valence-electron chi connectivity index (χ2n) is 6.44. The van der Waals surface area contributed by atoms with Gasteiger partial charge in [0.1, 0.15) is 18.8 Å². The largest absolute Gasteiger partial charge is 0.463 e. The Bertz CT molecular complexity index is 628. The average molecular weight is 368 g/mol. The van der Waals surface area contributed by atoms with E-state index in [0.717, 1.165) is 6.08 Å². The topological polar surface area (TPSA) is 114 Å². The van der Waals surface area contributed by atoms with E-state index in [0.29, 0.717) is 6.42 Å². The summed E-state index contributed by atoms with van der Waals surface area (Å²) in [7, 11) is 1.49. The number of methoxy groups -OCH3 is 1. The minimum absolute atomic E-state index is 0.0797. The Morgan fingerprint density at radius 1 is 1.23 bits per heavy atom. The second kappa shape index (κ2) is 7.45. The fourth-order valence-electron chi connectivity index (χ4n) is 4.17. The maximum Gasteiger partial charge on any atom is 0.344 e. The molecular weight excluding hydrogens is 348 g/mol. The van der Waals surface area contributed by atoms with E-state index in [-0.39, 0.29) is 25.0 Å². The number of ether oxygens (including phenoxy) is 5. The Hall–Kier alpha value is -2.42. The van der Waals surface area contributed by atoms with Gasteiger partial charge >= 0.3 is 23.9 Å². The van der Waals surface area contributed by atoms with Gasteiger partial charge < -0.3 is 23.7 Å². The van der Waals surface area contributed by atoms with Crippen LogP contribution < -0.4 is 0 Å². The fourth-order valence-corrected chi connectivity index (χ4v) is 4.17. The summed E-state index contributed by atoms with van der Waals surface area (Å²) in [5.41, 5.74) is 0. The SMILES string of the molecule is C=CC(=O)OCC(=O)OC1C2CC3C1OC(=O)C3C2C(=O)OCCOC. The van der Waals surface area contributed by atoms with E-state index in [9.17, 15) is 19.2 Å². The highest BCUT2D eigenvalue weighted by Crippen LogP contribution is 2.58. The third-order valence-corrected chi connectivity index (χ3v) is 5.12. The highest BCUT2D eigenvalue weighted by Gasteiger charge is 2.70. The van der Waals surface area contributed by atoms with Gasteiger partial charge in [0.25, 0.3) is 0 Å². The molecule has 0 spiro atoms. The molecule has 6 atom stereocenters. The molecule has 3 rings (SSSR count). The molecule has 2 saturated carbocycles. The molecule has 1 aliphatic heterocycles. The molecular formula is C17H20O9. The van der Waals surface area contributed by atoms with Gasteiger partial charge in [-0.25, -0.2) is 9.59 Å². The van der Waals surface area contributed by atoms with Crippen LogP contribution in [0.25, 0.3) is 0 Å². The Kier molecular flexibility index (Phi) is 5.26. The Balaban J connectivity index is 1.66. The van der Waals surface area contributed by atoms with Crippen molar-refractivity contribution in [1.82, 2.24) is 0 Å². The summed E-state index contributed by atoms with van der Waals surface area (Å²) in [4.78, 5) is 47.5. The molecule has 0 aromatic carbocycles. The molecule has 0 aromatic heterocycles. The number of fused-ring (bicyclic) bond motifs is 1. The first-order valence-corrected chi connectivity index (χ1v) is 8.32. The molecule has 9 heteroatoms. The molecule has 2 aliphatic carbocycles. The van der Waals surface area contributed by atoms with Crippen LogP contribution in [0.4, 0.5) is 0 Å². The van der Waals surface area contributed by atoms with Crippen LogP contribution >= 0.6 is 0 Å². The second-order valence-corrected chi connectivity index (χ2v) is 6.44. The van der Waals surface area contributed by atoms with Crippen molar-refractivity contribution in [3.8, 4) is 0 Å². The summed E-state index contributed by atoms with van der Waals surface area (Å²) >= 11 is 0. The zero-order valence-electron chi connectivity index (χ0n) is 14.3. The van der Waals surface area contributed by atoms with Crippen LogP contribution in [0.2, 0.25) is 0 Å². The van der Waals surface area contributed by atoms with Crippen molar-refractivity contribution in [2.75, 3.05) is 26.9 Å². The maximum absolute atomic E-state index is 12.4. The quantitative estimate of drug-likeness (QED) is 0.245. The third-order valence-electron chi connectivity index (χ3n) is 5.12. The van der Waals surface area contributed by atoms with Gasteiger partial charge in [0.05, 0.1) is 18.4 Å². The first-order valence-electron chi connectivity index (χ1n) is 8.32. The molecule has 0 radical (unpaired) electrons. The van der Waals surface area contributed by atoms with E-state index in [1.165, 1.54) is 7.11 Å². The van der Waals surface area contributed by atoms with Crippen molar-refractivity contribution in [3.63, 3.8) is 0 Å². The predicted molar refractivity (Wildman–Crippen MR) is 82.3 cm³/mol. The van der Waals surface area contributed by atoms with Gasteiger partial charge in [0.2, 0.25) is 0 Å². The fraction of sp³-hybridized carbons (Fsp3) is 0.647. The van der Waals surface area contributed by atoms with Crippen LogP contribution in [0.5, 0.6) is 0 Å². The van der Waals surface area contributed by atoms with Crippen LogP contribution in [-0.2, 0) is 42.9 Å². The minimum atomic E-state index is -0.774. The maximum atomic E-state index is 12.4. The normalized spacial score (nSPS) is 33.5. The number of hydrogen-bond acceptors (Lipinski definition) is 9. The highest BCUT2D eigenvalue weighted by molar-refractivity contribution is 5.86. The van der Waals surface area contributed by atoms with E-state index in [1.54, 1.807) is 0 Å². The summed E-state index contributed by atoms with van der Waals surface area (Å²) in [6.45, 7) is 2.98. The van der Waals surface area contributed by atoms with E-state index < -0.39 is 54.5 Å². The zero-order chi connectivity index (χ0) is 18.8. The average Bonchev–Trinajstić information content (AvgIpc) is 3.23. The van der Waals surface area contributed by atoms with Crippen LogP contribution in [0.15, 0.2) is 12.7 Å². The van der Waals surface area contributed by atoms with Crippen molar-refractivity contribution < 1.29 is 42.9 Å². The van der Waals surface area contributed by atoms with Crippen molar-refractivity contribution in [1.29, 1.82) is 0 Å². The van der Waals surface area contributed by atoms with Crippen molar-refractivity contribution in [3.05, 3.63) is 12.7 Å². The van der Waals surface area contributed by atoms with Gasteiger partial charge in [-0.2, -0.15) is 0 Å². The lowest BCUT2D eigenvalue weighted by Crippen LogP contribution is -2.44. The van der Waals surface area contributed by atoms with E-state index in [2.05, 4.69) is 11.3 Å². The molecule has 6 unspecified atom stereocenters. The molecule has 3 fully saturated rings. The molecule has 142 valence electrons. The van der Waals surface area contributed by atoms with Crippen molar-refractivity contribution in [2.45, 2.75) is 18.6 Å². The van der Waals surface area contributed by atoms with Crippen LogP contribution in [-0.4, -0.2) is 63.0 Å². The molecule has 3 aliphatic rings. The molecule has 1 heterocycles. The monoisotopic (exact) mass is 368 g/mol. The van der Waals surface area contributed by atoms with E-state index in [4.69, 9.17) is 18.9 Å². The van der Waals surface area contributed by atoms with Gasteiger partial charge in [-0.15, -0.1) is 0 Å². The van der Waals surface area contributed by atoms with Gasteiger partial charge in [0, 0.05) is 25.0 Å². The van der Waals surface area contributed by atoms with Crippen LogP contribution in [0, 0.1) is 23.7 Å². The number of carbonyl (C=O) groups is 4. The summed E-state index contributed by atoms with van der Waals surface area (Å²) in [6.07, 6.45) is 0.146. The first kappa shape index (κ1) is 18.4. The van der Waals surface area contributed by atoms with Crippen molar-refractivity contribution >= 4 is 23.9 Å². The summed E-state index contributed by atoms with van der Waals surface area (Å²) in [5.74, 6) is -4.32. The summed E-state index contributed by atoms with van der Waals surface area (Å²) in [6, 6.07) is 0. The number of hydrogen-bond donors (Lipinski definition) is 0. The first-order chi connectivity index (χ1) is 12.5. The minimum Gasteiger partial charge on any atom is -0.463 e. The number of rotatable bonds is 8. The lowest BCUT2D eigenvalue weighted by Gasteiger charge is -2.30. The lowest BCUT2D eigenvalue weighted by molar-refractivity contribution is -0.171. The molecule has 9 nitrogen and oxygen atoms in total. The zero-order valence-corrected chi connectivity index (χ0v) is 14.3. The molecule has 1 saturated heterocycles. The molecule has 2 bridgehead atoms. The standard InChI is InChI=1S/C17H20O9/c1-3-10(18)24-7-11(19)25-14-8-6-9-13(17(21)26-15(9)14)12(8)16(20)23-5-4-22-2/h3,8-9,12-15H,1,4-7H2,2H3.